The molecule has 5 heteroatoms. The van der Waals surface area contributed by atoms with Gasteiger partial charge < -0.3 is 10.8 Å². The SMILES string of the molecule is Cl.N[C@H](c1ccc2cc(O)ccc2c1)C(F)F. The van der Waals surface area contributed by atoms with Crippen molar-refractivity contribution in [3.63, 3.8) is 0 Å². The quantitative estimate of drug-likeness (QED) is 0.870. The Morgan fingerprint density at radius 1 is 1.00 bits per heavy atom. The first kappa shape index (κ1) is 13.7. The van der Waals surface area contributed by atoms with Crippen LogP contribution in [0.3, 0.4) is 0 Å². The van der Waals surface area contributed by atoms with Gasteiger partial charge in [0, 0.05) is 0 Å². The predicted molar refractivity (Wildman–Crippen MR) is 65.8 cm³/mol. The molecule has 0 aliphatic heterocycles. The topological polar surface area (TPSA) is 46.2 Å². The van der Waals surface area contributed by atoms with Crippen LogP contribution < -0.4 is 5.73 Å². The van der Waals surface area contributed by atoms with Crippen LogP contribution in [0.25, 0.3) is 10.8 Å². The normalized spacial score (nSPS) is 12.5. The van der Waals surface area contributed by atoms with Crippen LogP contribution >= 0.6 is 12.4 Å². The number of hydrogen-bond acceptors (Lipinski definition) is 2. The molecule has 2 aromatic rings. The molecular formula is C12H12ClF2NO. The Morgan fingerprint density at radius 2 is 1.59 bits per heavy atom. The van der Waals surface area contributed by atoms with Crippen molar-refractivity contribution in [3.05, 3.63) is 42.0 Å². The van der Waals surface area contributed by atoms with Gasteiger partial charge in [0.15, 0.2) is 0 Å². The largest absolute Gasteiger partial charge is 0.508 e. The summed E-state index contributed by atoms with van der Waals surface area (Å²) >= 11 is 0. The van der Waals surface area contributed by atoms with Crippen LogP contribution in [0.1, 0.15) is 11.6 Å². The van der Waals surface area contributed by atoms with Crippen LogP contribution in [0.4, 0.5) is 8.78 Å². The Labute approximate surface area is 103 Å². The van der Waals surface area contributed by atoms with E-state index in [1.54, 1.807) is 30.3 Å². The fourth-order valence-electron chi connectivity index (χ4n) is 1.60. The molecule has 92 valence electrons. The van der Waals surface area contributed by atoms with Gasteiger partial charge in [-0.05, 0) is 34.5 Å². The molecule has 2 aromatic carbocycles. The molecule has 0 bridgehead atoms. The molecule has 17 heavy (non-hydrogen) atoms. The zero-order valence-electron chi connectivity index (χ0n) is 8.81. The summed E-state index contributed by atoms with van der Waals surface area (Å²) in [6.45, 7) is 0. The minimum absolute atomic E-state index is 0. The number of nitrogens with two attached hydrogens (primary N) is 1. The number of halogens is 3. The van der Waals surface area contributed by atoms with E-state index in [0.29, 0.717) is 5.56 Å². The number of benzene rings is 2. The molecule has 0 saturated carbocycles. The van der Waals surface area contributed by atoms with Gasteiger partial charge in [0.1, 0.15) is 5.75 Å². The molecule has 0 aliphatic rings. The molecule has 2 nitrogen and oxygen atoms in total. The average Bonchev–Trinajstić information content (AvgIpc) is 2.27. The van der Waals surface area contributed by atoms with Gasteiger partial charge in [0.2, 0.25) is 0 Å². The van der Waals surface area contributed by atoms with E-state index in [9.17, 15) is 13.9 Å². The van der Waals surface area contributed by atoms with E-state index >= 15 is 0 Å². The standard InChI is InChI=1S/C12H11F2NO.ClH/c13-12(14)11(15)9-2-1-8-6-10(16)4-3-7(8)5-9;/h1-6,11-12,16H,15H2;1H/t11-;/m1./s1. The molecule has 0 aliphatic carbocycles. The lowest BCUT2D eigenvalue weighted by molar-refractivity contribution is 0.116. The van der Waals surface area contributed by atoms with Gasteiger partial charge in [-0.15, -0.1) is 12.4 Å². The molecule has 0 fully saturated rings. The number of alkyl halides is 2. The number of fused-ring (bicyclic) bond motifs is 1. The molecule has 3 N–H and O–H groups in total. The van der Waals surface area contributed by atoms with E-state index in [1.807, 2.05) is 0 Å². The highest BCUT2D eigenvalue weighted by Crippen LogP contribution is 2.25. The third-order valence-electron chi connectivity index (χ3n) is 2.50. The second-order valence-corrected chi connectivity index (χ2v) is 3.65. The Bertz CT molecular complexity index is 519. The van der Waals surface area contributed by atoms with Crippen LogP contribution in [-0.2, 0) is 0 Å². The maximum Gasteiger partial charge on any atom is 0.257 e. The van der Waals surface area contributed by atoms with E-state index in [-0.39, 0.29) is 18.2 Å². The minimum Gasteiger partial charge on any atom is -0.508 e. The maximum absolute atomic E-state index is 12.4. The molecule has 0 aromatic heterocycles. The molecule has 0 radical (unpaired) electrons. The first-order valence-corrected chi connectivity index (χ1v) is 4.84. The van der Waals surface area contributed by atoms with Gasteiger partial charge in [-0.3, -0.25) is 0 Å². The third-order valence-corrected chi connectivity index (χ3v) is 2.50. The molecule has 0 saturated heterocycles. The van der Waals surface area contributed by atoms with Gasteiger partial charge in [0.25, 0.3) is 6.43 Å². The van der Waals surface area contributed by atoms with Crippen LogP contribution in [0, 0.1) is 0 Å². The van der Waals surface area contributed by atoms with Crippen molar-refractivity contribution >= 4 is 23.2 Å². The smallest absolute Gasteiger partial charge is 0.257 e. The number of hydrogen-bond donors (Lipinski definition) is 2. The van der Waals surface area contributed by atoms with Crippen molar-refractivity contribution in [1.82, 2.24) is 0 Å². The van der Waals surface area contributed by atoms with Crippen LogP contribution in [0.5, 0.6) is 5.75 Å². The van der Waals surface area contributed by atoms with Crippen LogP contribution in [-0.4, -0.2) is 11.5 Å². The van der Waals surface area contributed by atoms with E-state index in [0.717, 1.165) is 10.8 Å². The maximum atomic E-state index is 12.4. The molecule has 0 heterocycles. The monoisotopic (exact) mass is 259 g/mol. The van der Waals surface area contributed by atoms with E-state index in [1.165, 1.54) is 6.07 Å². The van der Waals surface area contributed by atoms with Gasteiger partial charge in [0.05, 0.1) is 6.04 Å². The number of phenolic OH excluding ortho intramolecular Hbond substituents is 1. The lowest BCUT2D eigenvalue weighted by Crippen LogP contribution is -2.18. The molecule has 0 spiro atoms. The second-order valence-electron chi connectivity index (χ2n) is 3.65. The number of phenols is 1. The van der Waals surface area contributed by atoms with Crippen molar-refractivity contribution in [2.45, 2.75) is 12.5 Å². The van der Waals surface area contributed by atoms with Crippen molar-refractivity contribution in [2.75, 3.05) is 0 Å². The molecular weight excluding hydrogens is 248 g/mol. The fourth-order valence-corrected chi connectivity index (χ4v) is 1.60. The highest BCUT2D eigenvalue weighted by Gasteiger charge is 2.17. The van der Waals surface area contributed by atoms with E-state index in [4.69, 9.17) is 5.73 Å². The highest BCUT2D eigenvalue weighted by molar-refractivity contribution is 5.85. The predicted octanol–water partition coefficient (Wildman–Crippen LogP) is 3.23. The number of rotatable bonds is 2. The summed E-state index contributed by atoms with van der Waals surface area (Å²) in [5.74, 6) is 0.151. The second kappa shape index (κ2) is 5.29. The van der Waals surface area contributed by atoms with Gasteiger partial charge in [-0.2, -0.15) is 0 Å². The molecule has 0 unspecified atom stereocenters. The summed E-state index contributed by atoms with van der Waals surface area (Å²) in [5.41, 5.74) is 5.76. The van der Waals surface area contributed by atoms with Crippen molar-refractivity contribution in [1.29, 1.82) is 0 Å². The lowest BCUT2D eigenvalue weighted by Gasteiger charge is -2.11. The highest BCUT2D eigenvalue weighted by atomic mass is 35.5. The zero-order valence-corrected chi connectivity index (χ0v) is 9.62. The van der Waals surface area contributed by atoms with E-state index in [2.05, 4.69) is 0 Å². The summed E-state index contributed by atoms with van der Waals surface area (Å²) in [5, 5.41) is 10.8. The van der Waals surface area contributed by atoms with Gasteiger partial charge in [-0.25, -0.2) is 8.78 Å². The Hall–Kier alpha value is -1.39. The van der Waals surface area contributed by atoms with Crippen molar-refractivity contribution in [3.8, 4) is 5.75 Å². The van der Waals surface area contributed by atoms with Crippen LogP contribution in [0.2, 0.25) is 0 Å². The lowest BCUT2D eigenvalue weighted by atomic mass is 10.0. The molecule has 1 atom stereocenters. The summed E-state index contributed by atoms with van der Waals surface area (Å²) < 4.78 is 24.8. The summed E-state index contributed by atoms with van der Waals surface area (Å²) in [6.07, 6.45) is -2.57. The fraction of sp³-hybridized carbons (Fsp3) is 0.167. The van der Waals surface area contributed by atoms with Crippen molar-refractivity contribution in [2.24, 2.45) is 5.73 Å². The van der Waals surface area contributed by atoms with Crippen LogP contribution in [0.15, 0.2) is 36.4 Å². The minimum atomic E-state index is -2.57. The summed E-state index contributed by atoms with van der Waals surface area (Å²) in [6, 6.07) is 8.34. The first-order valence-electron chi connectivity index (χ1n) is 4.84. The Morgan fingerprint density at radius 3 is 2.24 bits per heavy atom. The third kappa shape index (κ3) is 2.84. The molecule has 0 amide bonds. The van der Waals surface area contributed by atoms with Crippen molar-refractivity contribution < 1.29 is 13.9 Å². The zero-order chi connectivity index (χ0) is 11.7. The Balaban J connectivity index is 0.00000144. The average molecular weight is 260 g/mol. The first-order chi connectivity index (χ1) is 7.58. The Kier molecular flexibility index (Phi) is 4.26. The number of aromatic hydroxyl groups is 1. The summed E-state index contributed by atoms with van der Waals surface area (Å²) in [7, 11) is 0. The summed E-state index contributed by atoms with van der Waals surface area (Å²) in [4.78, 5) is 0. The molecule has 2 rings (SSSR count). The van der Waals surface area contributed by atoms with E-state index < -0.39 is 12.5 Å². The van der Waals surface area contributed by atoms with Gasteiger partial charge in [-0.1, -0.05) is 18.2 Å². The van der Waals surface area contributed by atoms with Gasteiger partial charge >= 0.3 is 0 Å².